The summed E-state index contributed by atoms with van der Waals surface area (Å²) in [6.07, 6.45) is 8.50. The molecule has 0 saturated heterocycles. The lowest BCUT2D eigenvalue weighted by atomic mass is 9.94. The summed E-state index contributed by atoms with van der Waals surface area (Å²) in [5, 5.41) is 3.26. The second kappa shape index (κ2) is 6.67. The summed E-state index contributed by atoms with van der Waals surface area (Å²) in [6, 6.07) is 10.5. The second-order valence-corrected chi connectivity index (χ2v) is 6.81. The van der Waals surface area contributed by atoms with Crippen LogP contribution in [0.15, 0.2) is 36.7 Å². The average molecular weight is 324 g/mol. The topological polar surface area (TPSA) is 61.0 Å². The monoisotopic (exact) mass is 324 g/mol. The van der Waals surface area contributed by atoms with Crippen LogP contribution in [0.2, 0.25) is 0 Å². The van der Waals surface area contributed by atoms with E-state index in [1.807, 2.05) is 23.1 Å². The normalized spacial score (nSPS) is 21.3. The zero-order chi connectivity index (χ0) is 16.4. The van der Waals surface area contributed by atoms with Crippen molar-refractivity contribution in [2.75, 3.05) is 6.54 Å². The SMILES string of the molecule is O=C(NC1CCCCC1)N1CCc2[nH]cnc2C1c1ccccc1. The number of hydrogen-bond acceptors (Lipinski definition) is 2. The van der Waals surface area contributed by atoms with Gasteiger partial charge in [-0.25, -0.2) is 9.78 Å². The molecular weight excluding hydrogens is 300 g/mol. The van der Waals surface area contributed by atoms with Crippen molar-refractivity contribution in [1.82, 2.24) is 20.2 Å². The molecule has 1 aromatic heterocycles. The number of nitrogens with zero attached hydrogens (tertiary/aromatic N) is 2. The Morgan fingerprint density at radius 3 is 2.75 bits per heavy atom. The number of nitrogens with one attached hydrogen (secondary N) is 2. The summed E-state index contributed by atoms with van der Waals surface area (Å²) in [7, 11) is 0. The highest BCUT2D eigenvalue weighted by Gasteiger charge is 2.34. The lowest BCUT2D eigenvalue weighted by molar-refractivity contribution is 0.171. The number of amides is 2. The number of imidazole rings is 1. The molecule has 2 amide bonds. The molecule has 1 aliphatic heterocycles. The molecular formula is C19H24N4O. The van der Waals surface area contributed by atoms with Crippen LogP contribution in [0, 0.1) is 0 Å². The van der Waals surface area contributed by atoms with Crippen molar-refractivity contribution in [3.63, 3.8) is 0 Å². The smallest absolute Gasteiger partial charge is 0.318 e. The molecule has 0 spiro atoms. The molecule has 2 aliphatic rings. The number of urea groups is 1. The van der Waals surface area contributed by atoms with Crippen LogP contribution in [0.25, 0.3) is 0 Å². The van der Waals surface area contributed by atoms with E-state index in [1.54, 1.807) is 6.33 Å². The van der Waals surface area contributed by atoms with Gasteiger partial charge in [0, 0.05) is 24.7 Å². The minimum absolute atomic E-state index is 0.0457. The van der Waals surface area contributed by atoms with E-state index in [9.17, 15) is 4.79 Å². The molecule has 0 bridgehead atoms. The molecule has 4 rings (SSSR count). The number of aromatic nitrogens is 2. The van der Waals surface area contributed by atoms with Crippen LogP contribution in [-0.4, -0.2) is 33.5 Å². The van der Waals surface area contributed by atoms with E-state index >= 15 is 0 Å². The van der Waals surface area contributed by atoms with E-state index in [0.29, 0.717) is 12.6 Å². The fraction of sp³-hybridized carbons (Fsp3) is 0.474. The van der Waals surface area contributed by atoms with Crippen LogP contribution >= 0.6 is 0 Å². The van der Waals surface area contributed by atoms with Crippen molar-refractivity contribution in [3.8, 4) is 0 Å². The minimum Gasteiger partial charge on any atom is -0.348 e. The maximum atomic E-state index is 13.0. The Morgan fingerprint density at radius 2 is 1.96 bits per heavy atom. The van der Waals surface area contributed by atoms with Gasteiger partial charge in [-0.1, -0.05) is 49.6 Å². The summed E-state index contributed by atoms with van der Waals surface area (Å²) < 4.78 is 0. The fourth-order valence-electron chi connectivity index (χ4n) is 3.97. The van der Waals surface area contributed by atoms with Gasteiger partial charge in [0.05, 0.1) is 12.0 Å². The Labute approximate surface area is 142 Å². The number of rotatable bonds is 2. The Morgan fingerprint density at radius 1 is 1.17 bits per heavy atom. The first kappa shape index (κ1) is 15.2. The zero-order valence-electron chi connectivity index (χ0n) is 13.9. The largest absolute Gasteiger partial charge is 0.348 e. The zero-order valence-corrected chi connectivity index (χ0v) is 13.9. The van der Waals surface area contributed by atoms with Crippen LogP contribution in [0.4, 0.5) is 4.79 Å². The Bertz CT molecular complexity index is 690. The van der Waals surface area contributed by atoms with E-state index in [0.717, 1.165) is 36.2 Å². The predicted octanol–water partition coefficient (Wildman–Crippen LogP) is 3.40. The number of carbonyl (C=O) groups excluding carboxylic acids is 1. The summed E-state index contributed by atoms with van der Waals surface area (Å²) in [5.41, 5.74) is 3.24. The van der Waals surface area contributed by atoms with Crippen LogP contribution < -0.4 is 5.32 Å². The van der Waals surface area contributed by atoms with Gasteiger partial charge in [0.1, 0.15) is 6.04 Å². The van der Waals surface area contributed by atoms with Gasteiger partial charge >= 0.3 is 6.03 Å². The highest BCUT2D eigenvalue weighted by molar-refractivity contribution is 5.76. The van der Waals surface area contributed by atoms with Gasteiger partial charge in [0.25, 0.3) is 0 Å². The summed E-state index contributed by atoms with van der Waals surface area (Å²) >= 11 is 0. The molecule has 2 N–H and O–H groups in total. The second-order valence-electron chi connectivity index (χ2n) is 6.81. The van der Waals surface area contributed by atoms with Crippen molar-refractivity contribution in [3.05, 3.63) is 53.6 Å². The molecule has 1 unspecified atom stereocenters. The van der Waals surface area contributed by atoms with Crippen molar-refractivity contribution >= 4 is 6.03 Å². The summed E-state index contributed by atoms with van der Waals surface area (Å²) in [6.45, 7) is 0.716. The van der Waals surface area contributed by atoms with E-state index in [4.69, 9.17) is 0 Å². The maximum Gasteiger partial charge on any atom is 0.318 e. The molecule has 0 radical (unpaired) electrons. The number of carbonyl (C=O) groups is 1. The summed E-state index contributed by atoms with van der Waals surface area (Å²) in [4.78, 5) is 22.7. The van der Waals surface area contributed by atoms with E-state index in [-0.39, 0.29) is 12.1 Å². The molecule has 24 heavy (non-hydrogen) atoms. The third-order valence-corrected chi connectivity index (χ3v) is 5.23. The van der Waals surface area contributed by atoms with Crippen LogP contribution in [0.5, 0.6) is 0 Å². The molecule has 5 heteroatoms. The Hall–Kier alpha value is -2.30. The van der Waals surface area contributed by atoms with Gasteiger partial charge in [-0.2, -0.15) is 0 Å². The Kier molecular flexibility index (Phi) is 4.24. The van der Waals surface area contributed by atoms with Gasteiger partial charge in [0.2, 0.25) is 0 Å². The summed E-state index contributed by atoms with van der Waals surface area (Å²) in [5.74, 6) is 0. The Balaban J connectivity index is 1.60. The number of H-pyrrole nitrogens is 1. The van der Waals surface area contributed by atoms with Crippen molar-refractivity contribution in [2.24, 2.45) is 0 Å². The minimum atomic E-state index is -0.107. The van der Waals surface area contributed by atoms with Gasteiger partial charge < -0.3 is 15.2 Å². The molecule has 1 saturated carbocycles. The van der Waals surface area contributed by atoms with Gasteiger partial charge in [-0.3, -0.25) is 0 Å². The first-order valence-electron chi connectivity index (χ1n) is 8.97. The molecule has 1 aromatic carbocycles. The third-order valence-electron chi connectivity index (χ3n) is 5.23. The van der Waals surface area contributed by atoms with Crippen molar-refractivity contribution < 1.29 is 4.79 Å². The number of fused-ring (bicyclic) bond motifs is 1. The fourth-order valence-corrected chi connectivity index (χ4v) is 3.97. The number of benzene rings is 1. The van der Waals surface area contributed by atoms with Crippen LogP contribution in [0.1, 0.15) is 55.1 Å². The predicted molar refractivity (Wildman–Crippen MR) is 92.7 cm³/mol. The molecule has 1 atom stereocenters. The van der Waals surface area contributed by atoms with Gasteiger partial charge in [-0.15, -0.1) is 0 Å². The highest BCUT2D eigenvalue weighted by Crippen LogP contribution is 2.33. The number of hydrogen-bond donors (Lipinski definition) is 2. The van der Waals surface area contributed by atoms with Crippen molar-refractivity contribution in [1.29, 1.82) is 0 Å². The van der Waals surface area contributed by atoms with Crippen LogP contribution in [0.3, 0.4) is 0 Å². The van der Waals surface area contributed by atoms with Gasteiger partial charge in [-0.05, 0) is 18.4 Å². The van der Waals surface area contributed by atoms with E-state index < -0.39 is 0 Å². The average Bonchev–Trinajstić information content (AvgIpc) is 3.11. The quantitative estimate of drug-likeness (QED) is 0.889. The first-order chi connectivity index (χ1) is 11.8. The lowest BCUT2D eigenvalue weighted by Gasteiger charge is -2.36. The molecule has 5 nitrogen and oxygen atoms in total. The van der Waals surface area contributed by atoms with Gasteiger partial charge in [0.15, 0.2) is 0 Å². The maximum absolute atomic E-state index is 13.0. The molecule has 1 aliphatic carbocycles. The molecule has 2 heterocycles. The lowest BCUT2D eigenvalue weighted by Crippen LogP contribution is -2.49. The van der Waals surface area contributed by atoms with E-state index in [2.05, 4.69) is 27.4 Å². The van der Waals surface area contributed by atoms with Crippen LogP contribution in [-0.2, 0) is 6.42 Å². The highest BCUT2D eigenvalue weighted by atomic mass is 16.2. The number of aromatic amines is 1. The first-order valence-corrected chi connectivity index (χ1v) is 8.97. The molecule has 2 aromatic rings. The third kappa shape index (κ3) is 2.90. The van der Waals surface area contributed by atoms with E-state index in [1.165, 1.54) is 19.3 Å². The van der Waals surface area contributed by atoms with Crippen molar-refractivity contribution in [2.45, 2.75) is 50.6 Å². The standard InChI is InChI=1S/C19H24N4O/c24-19(22-15-9-5-2-6-10-15)23-12-11-16-17(21-13-20-16)18(23)14-7-3-1-4-8-14/h1,3-4,7-8,13,15,18H,2,5-6,9-12H2,(H,20,21)(H,22,24). The molecule has 1 fully saturated rings. The molecule has 126 valence electrons.